The summed E-state index contributed by atoms with van der Waals surface area (Å²) in [6, 6.07) is 8.61. The zero-order valence-corrected chi connectivity index (χ0v) is 13.7. The molecular formula is C18H19NO5. The molecule has 0 heterocycles. The lowest BCUT2D eigenvalue weighted by Gasteiger charge is -2.15. The summed E-state index contributed by atoms with van der Waals surface area (Å²) < 4.78 is 4.47. The van der Waals surface area contributed by atoms with Crippen LogP contribution in [0.2, 0.25) is 0 Å². The van der Waals surface area contributed by atoms with Gasteiger partial charge in [0.1, 0.15) is 18.0 Å². The fourth-order valence-electron chi connectivity index (χ4n) is 2.47. The van der Waals surface area contributed by atoms with Crippen LogP contribution in [0.25, 0.3) is 11.1 Å². The molecule has 0 radical (unpaired) electrons. The fraction of sp³-hybridized carbons (Fsp3) is 0.222. The van der Waals surface area contributed by atoms with E-state index < -0.39 is 11.9 Å². The number of methoxy groups -OCH3 is 1. The van der Waals surface area contributed by atoms with Crippen molar-refractivity contribution in [1.82, 2.24) is 5.32 Å². The van der Waals surface area contributed by atoms with Crippen LogP contribution in [0.3, 0.4) is 0 Å². The molecule has 0 fully saturated rings. The number of hydrogen-bond acceptors (Lipinski definition) is 5. The van der Waals surface area contributed by atoms with Gasteiger partial charge < -0.3 is 20.3 Å². The van der Waals surface area contributed by atoms with Gasteiger partial charge in [-0.25, -0.2) is 0 Å². The molecule has 2 rings (SSSR count). The van der Waals surface area contributed by atoms with Gasteiger partial charge in [-0.15, -0.1) is 0 Å². The zero-order valence-electron chi connectivity index (χ0n) is 13.7. The number of hydrogen-bond donors (Lipinski definition) is 3. The van der Waals surface area contributed by atoms with Crippen LogP contribution in [0.5, 0.6) is 11.5 Å². The Bertz CT molecular complexity index is 798. The largest absolute Gasteiger partial charge is 0.507 e. The molecule has 0 unspecified atom stereocenters. The number of carbonyl (C=O) groups is 2. The fourth-order valence-corrected chi connectivity index (χ4v) is 2.47. The lowest BCUT2D eigenvalue weighted by Crippen LogP contribution is -2.30. The second-order valence-electron chi connectivity index (χ2n) is 5.44. The van der Waals surface area contributed by atoms with Gasteiger partial charge >= 0.3 is 5.97 Å². The molecule has 0 atom stereocenters. The first-order valence-electron chi connectivity index (χ1n) is 7.32. The van der Waals surface area contributed by atoms with Crippen LogP contribution in [-0.2, 0) is 9.53 Å². The first kappa shape index (κ1) is 17.3. The third kappa shape index (κ3) is 3.48. The van der Waals surface area contributed by atoms with E-state index in [0.717, 1.165) is 5.56 Å². The first-order valence-corrected chi connectivity index (χ1v) is 7.32. The maximum atomic E-state index is 12.3. The molecule has 0 aromatic heterocycles. The minimum Gasteiger partial charge on any atom is -0.507 e. The van der Waals surface area contributed by atoms with Gasteiger partial charge in [0, 0.05) is 0 Å². The number of esters is 1. The normalized spacial score (nSPS) is 10.3. The molecule has 0 saturated carbocycles. The highest BCUT2D eigenvalue weighted by Gasteiger charge is 2.22. The minimum atomic E-state index is -0.621. The molecule has 24 heavy (non-hydrogen) atoms. The Kier molecular flexibility index (Phi) is 5.08. The molecule has 0 saturated heterocycles. The molecule has 0 spiro atoms. The number of benzene rings is 2. The molecule has 1 amide bonds. The summed E-state index contributed by atoms with van der Waals surface area (Å²) in [7, 11) is 1.22. The summed E-state index contributed by atoms with van der Waals surface area (Å²) in [6.07, 6.45) is 0. The minimum absolute atomic E-state index is 0.00760. The molecule has 6 heteroatoms. The smallest absolute Gasteiger partial charge is 0.325 e. The van der Waals surface area contributed by atoms with E-state index in [0.29, 0.717) is 11.1 Å². The average Bonchev–Trinajstić information content (AvgIpc) is 2.52. The number of nitrogens with one attached hydrogen (secondary N) is 1. The van der Waals surface area contributed by atoms with Crippen molar-refractivity contribution in [3.05, 3.63) is 47.0 Å². The number of phenolic OH excluding ortho intramolecular Hbond substituents is 2. The lowest BCUT2D eigenvalue weighted by molar-refractivity contribution is -0.139. The van der Waals surface area contributed by atoms with Gasteiger partial charge in [0.05, 0.1) is 18.2 Å². The van der Waals surface area contributed by atoms with E-state index in [4.69, 9.17) is 0 Å². The van der Waals surface area contributed by atoms with Gasteiger partial charge in [0.2, 0.25) is 0 Å². The predicted octanol–water partition coefficient (Wildman–Crippen LogP) is 2.28. The molecule has 2 aromatic carbocycles. The quantitative estimate of drug-likeness (QED) is 0.748. The zero-order chi connectivity index (χ0) is 17.9. The van der Waals surface area contributed by atoms with Crippen LogP contribution in [0, 0.1) is 13.8 Å². The molecule has 0 aliphatic rings. The van der Waals surface area contributed by atoms with Gasteiger partial charge in [-0.1, -0.05) is 29.8 Å². The summed E-state index contributed by atoms with van der Waals surface area (Å²) in [4.78, 5) is 23.5. The van der Waals surface area contributed by atoms with Gasteiger partial charge in [-0.2, -0.15) is 0 Å². The summed E-state index contributed by atoms with van der Waals surface area (Å²) in [5, 5.41) is 23.1. The lowest BCUT2D eigenvalue weighted by atomic mass is 9.95. The summed E-state index contributed by atoms with van der Waals surface area (Å²) in [5.41, 5.74) is 2.11. The highest BCUT2D eigenvalue weighted by atomic mass is 16.5. The van der Waals surface area contributed by atoms with E-state index in [9.17, 15) is 19.8 Å². The van der Waals surface area contributed by atoms with Crippen molar-refractivity contribution in [2.45, 2.75) is 13.8 Å². The van der Waals surface area contributed by atoms with E-state index in [1.807, 2.05) is 13.0 Å². The van der Waals surface area contributed by atoms with E-state index in [-0.39, 0.29) is 29.2 Å². The van der Waals surface area contributed by atoms with Crippen LogP contribution in [0.15, 0.2) is 30.3 Å². The number of rotatable bonds is 4. The van der Waals surface area contributed by atoms with Gasteiger partial charge in [-0.3, -0.25) is 9.59 Å². The first-order chi connectivity index (χ1) is 11.3. The Hall–Kier alpha value is -3.02. The monoisotopic (exact) mass is 329 g/mol. The number of amides is 1. The second kappa shape index (κ2) is 7.04. The molecule has 3 N–H and O–H groups in total. The molecule has 6 nitrogen and oxygen atoms in total. The van der Waals surface area contributed by atoms with Crippen molar-refractivity contribution in [3.63, 3.8) is 0 Å². The Morgan fingerprint density at radius 1 is 1.17 bits per heavy atom. The SMILES string of the molecule is COC(=O)CNC(=O)c1c(C)cc(O)c(-c2cccc(C)c2)c1O. The second-order valence-corrected chi connectivity index (χ2v) is 5.44. The number of phenols is 2. The highest BCUT2D eigenvalue weighted by Crippen LogP contribution is 2.41. The Morgan fingerprint density at radius 3 is 2.50 bits per heavy atom. The third-order valence-electron chi connectivity index (χ3n) is 3.63. The number of carbonyl (C=O) groups excluding carboxylic acids is 2. The molecule has 126 valence electrons. The Morgan fingerprint density at radius 2 is 1.88 bits per heavy atom. The molecule has 0 aliphatic heterocycles. The van der Waals surface area contributed by atoms with Crippen molar-refractivity contribution in [1.29, 1.82) is 0 Å². The van der Waals surface area contributed by atoms with Crippen molar-refractivity contribution >= 4 is 11.9 Å². The summed E-state index contributed by atoms with van der Waals surface area (Å²) in [5.74, 6) is -1.68. The number of ether oxygens (including phenoxy) is 1. The Labute approximate surface area is 139 Å². The van der Waals surface area contributed by atoms with Gasteiger partial charge in [0.15, 0.2) is 0 Å². The molecular weight excluding hydrogens is 310 g/mol. The topological polar surface area (TPSA) is 95.9 Å². The van der Waals surface area contributed by atoms with Gasteiger partial charge in [-0.05, 0) is 31.0 Å². The average molecular weight is 329 g/mol. The van der Waals surface area contributed by atoms with E-state index in [1.54, 1.807) is 25.1 Å². The van der Waals surface area contributed by atoms with Crippen LogP contribution >= 0.6 is 0 Å². The summed E-state index contributed by atoms with van der Waals surface area (Å²) >= 11 is 0. The molecule has 2 aromatic rings. The highest BCUT2D eigenvalue weighted by molar-refractivity contribution is 6.02. The molecule has 0 aliphatic carbocycles. The van der Waals surface area contributed by atoms with E-state index >= 15 is 0 Å². The Balaban J connectivity index is 2.48. The number of aromatic hydroxyl groups is 2. The van der Waals surface area contributed by atoms with Crippen molar-refractivity contribution in [2.24, 2.45) is 0 Å². The van der Waals surface area contributed by atoms with Crippen LogP contribution in [-0.4, -0.2) is 35.7 Å². The maximum absolute atomic E-state index is 12.3. The van der Waals surface area contributed by atoms with Crippen LogP contribution < -0.4 is 5.32 Å². The molecule has 0 bridgehead atoms. The predicted molar refractivity (Wildman–Crippen MR) is 89.0 cm³/mol. The standard InChI is InChI=1S/C18H19NO5/c1-10-5-4-6-12(7-10)16-13(20)8-11(2)15(17(16)22)18(23)19-9-14(21)24-3/h4-8,20,22H,9H2,1-3H3,(H,19,23). The van der Waals surface area contributed by atoms with E-state index in [2.05, 4.69) is 10.1 Å². The van der Waals surface area contributed by atoms with Crippen molar-refractivity contribution < 1.29 is 24.5 Å². The van der Waals surface area contributed by atoms with Gasteiger partial charge in [0.25, 0.3) is 5.91 Å². The number of aryl methyl sites for hydroxylation is 2. The third-order valence-corrected chi connectivity index (χ3v) is 3.63. The summed E-state index contributed by atoms with van der Waals surface area (Å²) in [6.45, 7) is 3.16. The van der Waals surface area contributed by atoms with Crippen LogP contribution in [0.1, 0.15) is 21.5 Å². The maximum Gasteiger partial charge on any atom is 0.325 e. The van der Waals surface area contributed by atoms with Crippen molar-refractivity contribution in [3.8, 4) is 22.6 Å². The van der Waals surface area contributed by atoms with E-state index in [1.165, 1.54) is 13.2 Å². The van der Waals surface area contributed by atoms with Crippen LogP contribution in [0.4, 0.5) is 0 Å². The van der Waals surface area contributed by atoms with Crippen molar-refractivity contribution in [2.75, 3.05) is 13.7 Å².